The summed E-state index contributed by atoms with van der Waals surface area (Å²) in [5.41, 5.74) is 0.00884. The molecule has 0 saturated heterocycles. The molecule has 0 aromatic heterocycles. The van der Waals surface area contributed by atoms with E-state index in [9.17, 15) is 18.4 Å². The standard InChI is InChI=1S/C24H24ClF2NO5/c25-18-6-5-17(9-19(18)27)33-11-21(31)28-24-12-23(13-24,14-24)10-20(30)22(32-8-7-29)15-1-3-16(26)4-2-15/h1-6,9,22,29H,7-8,10-14H2,(H,28,31). The zero-order chi connectivity index (χ0) is 23.6. The molecule has 5 rings (SSSR count). The fourth-order valence-corrected chi connectivity index (χ4v) is 5.13. The molecule has 1 atom stereocenters. The molecule has 0 spiro atoms. The van der Waals surface area contributed by atoms with Crippen LogP contribution in [-0.2, 0) is 14.3 Å². The second kappa shape index (κ2) is 9.37. The summed E-state index contributed by atoms with van der Waals surface area (Å²) in [6.45, 7) is -0.481. The van der Waals surface area contributed by atoms with Crippen LogP contribution in [0.4, 0.5) is 8.78 Å². The minimum atomic E-state index is -0.870. The Hall–Kier alpha value is -2.55. The minimum Gasteiger partial charge on any atom is -0.484 e. The summed E-state index contributed by atoms with van der Waals surface area (Å²) in [6, 6.07) is 9.50. The first kappa shape index (κ1) is 23.6. The molecule has 2 bridgehead atoms. The number of aliphatic hydroxyl groups is 1. The molecule has 3 fully saturated rings. The highest BCUT2D eigenvalue weighted by molar-refractivity contribution is 6.30. The normalized spacial score (nSPS) is 23.8. The van der Waals surface area contributed by atoms with Crippen molar-refractivity contribution < 1.29 is 33.0 Å². The largest absolute Gasteiger partial charge is 0.484 e. The van der Waals surface area contributed by atoms with Gasteiger partial charge in [-0.25, -0.2) is 8.78 Å². The first-order chi connectivity index (χ1) is 15.7. The number of amides is 1. The van der Waals surface area contributed by atoms with E-state index in [0.717, 1.165) is 6.07 Å². The van der Waals surface area contributed by atoms with Crippen molar-refractivity contribution in [1.82, 2.24) is 5.32 Å². The Morgan fingerprint density at radius 1 is 1.12 bits per heavy atom. The van der Waals surface area contributed by atoms with Crippen molar-refractivity contribution in [3.8, 4) is 5.75 Å². The second-order valence-electron chi connectivity index (χ2n) is 8.89. The summed E-state index contributed by atoms with van der Waals surface area (Å²) in [4.78, 5) is 25.2. The van der Waals surface area contributed by atoms with Gasteiger partial charge >= 0.3 is 0 Å². The van der Waals surface area contributed by atoms with Gasteiger partial charge in [-0.3, -0.25) is 9.59 Å². The first-order valence-corrected chi connectivity index (χ1v) is 11.0. The van der Waals surface area contributed by atoms with Crippen LogP contribution in [0.5, 0.6) is 5.75 Å². The van der Waals surface area contributed by atoms with Crippen LogP contribution in [0.1, 0.15) is 37.4 Å². The number of carbonyl (C=O) groups is 2. The Labute approximate surface area is 194 Å². The number of aliphatic hydroxyl groups excluding tert-OH is 1. The lowest BCUT2D eigenvalue weighted by Gasteiger charge is -2.70. The van der Waals surface area contributed by atoms with Crippen LogP contribution in [0.15, 0.2) is 42.5 Å². The highest BCUT2D eigenvalue weighted by atomic mass is 35.5. The van der Waals surface area contributed by atoms with Crippen LogP contribution in [0.2, 0.25) is 5.02 Å². The van der Waals surface area contributed by atoms with Crippen LogP contribution in [0.3, 0.4) is 0 Å². The second-order valence-corrected chi connectivity index (χ2v) is 9.30. The molecule has 2 aromatic rings. The smallest absolute Gasteiger partial charge is 0.258 e. The average molecular weight is 480 g/mol. The number of hydrogen-bond donors (Lipinski definition) is 2. The van der Waals surface area contributed by atoms with Gasteiger partial charge in [-0.15, -0.1) is 0 Å². The molecule has 0 radical (unpaired) electrons. The van der Waals surface area contributed by atoms with Gasteiger partial charge in [0, 0.05) is 18.0 Å². The quantitative estimate of drug-likeness (QED) is 0.513. The maximum absolute atomic E-state index is 13.5. The molecule has 0 heterocycles. The molecule has 9 heteroatoms. The Morgan fingerprint density at radius 2 is 1.82 bits per heavy atom. The van der Waals surface area contributed by atoms with Gasteiger partial charge in [0.05, 0.1) is 18.2 Å². The number of nitrogens with one attached hydrogen (secondary N) is 1. The predicted octanol–water partition coefficient (Wildman–Crippen LogP) is 3.75. The molecule has 0 aliphatic heterocycles. The van der Waals surface area contributed by atoms with Crippen LogP contribution in [0, 0.1) is 17.0 Å². The SMILES string of the molecule is O=C(COc1ccc(Cl)c(F)c1)NC12CC(CC(=O)C(OCCO)c3ccc(F)cc3)(C1)C2. The van der Waals surface area contributed by atoms with Crippen LogP contribution in [-0.4, -0.2) is 42.2 Å². The Balaban J connectivity index is 1.27. The highest BCUT2D eigenvalue weighted by Gasteiger charge is 2.68. The third-order valence-electron chi connectivity index (χ3n) is 6.20. The zero-order valence-electron chi connectivity index (χ0n) is 17.8. The van der Waals surface area contributed by atoms with Gasteiger partial charge in [-0.1, -0.05) is 23.7 Å². The zero-order valence-corrected chi connectivity index (χ0v) is 18.5. The molecule has 2 N–H and O–H groups in total. The summed E-state index contributed by atoms with van der Waals surface area (Å²) >= 11 is 5.63. The van der Waals surface area contributed by atoms with E-state index in [1.807, 2.05) is 0 Å². The van der Waals surface area contributed by atoms with Gasteiger partial charge in [-0.2, -0.15) is 0 Å². The van der Waals surface area contributed by atoms with E-state index >= 15 is 0 Å². The summed E-state index contributed by atoms with van der Waals surface area (Å²) in [5, 5.41) is 12.0. The van der Waals surface area contributed by atoms with E-state index in [4.69, 9.17) is 26.2 Å². The Kier molecular flexibility index (Phi) is 6.70. The molecule has 3 aliphatic rings. The van der Waals surface area contributed by atoms with Gasteiger partial charge < -0.3 is 19.9 Å². The van der Waals surface area contributed by atoms with Gasteiger partial charge in [0.25, 0.3) is 5.91 Å². The van der Waals surface area contributed by atoms with E-state index in [-0.39, 0.29) is 59.7 Å². The van der Waals surface area contributed by atoms with Gasteiger partial charge in [-0.05, 0) is 54.5 Å². The summed E-state index contributed by atoms with van der Waals surface area (Å²) in [6.07, 6.45) is 1.42. The molecule has 33 heavy (non-hydrogen) atoms. The topological polar surface area (TPSA) is 84.9 Å². The number of hydrogen-bond acceptors (Lipinski definition) is 5. The van der Waals surface area contributed by atoms with E-state index in [1.165, 1.54) is 36.4 Å². The number of Topliss-reactive ketones (excluding diaryl/α,β-unsaturated/α-hetero) is 1. The third-order valence-corrected chi connectivity index (χ3v) is 6.50. The Bertz CT molecular complexity index is 1030. The van der Waals surface area contributed by atoms with Crippen molar-refractivity contribution in [2.45, 2.75) is 37.3 Å². The number of carbonyl (C=O) groups excluding carboxylic acids is 2. The summed E-state index contributed by atoms with van der Waals surface area (Å²) in [5.74, 6) is -1.28. The molecule has 2 aromatic carbocycles. The van der Waals surface area contributed by atoms with Crippen LogP contribution >= 0.6 is 11.6 Å². The van der Waals surface area contributed by atoms with E-state index < -0.39 is 17.7 Å². The molecule has 3 aliphatic carbocycles. The van der Waals surface area contributed by atoms with E-state index in [1.54, 1.807) is 0 Å². The van der Waals surface area contributed by atoms with Crippen molar-refractivity contribution in [2.75, 3.05) is 19.8 Å². The third kappa shape index (κ3) is 5.18. The Morgan fingerprint density at radius 3 is 2.45 bits per heavy atom. The first-order valence-electron chi connectivity index (χ1n) is 10.6. The molecular formula is C24H24ClF2NO5. The molecule has 1 unspecified atom stereocenters. The van der Waals surface area contributed by atoms with Crippen molar-refractivity contribution in [3.05, 3.63) is 64.7 Å². The van der Waals surface area contributed by atoms with Gasteiger partial charge in [0.2, 0.25) is 0 Å². The monoisotopic (exact) mass is 479 g/mol. The van der Waals surface area contributed by atoms with Crippen LogP contribution in [0.25, 0.3) is 0 Å². The van der Waals surface area contributed by atoms with Crippen molar-refractivity contribution in [3.63, 3.8) is 0 Å². The number of benzene rings is 2. The lowest BCUT2D eigenvalue weighted by Crippen LogP contribution is -2.75. The summed E-state index contributed by atoms with van der Waals surface area (Å²) in [7, 11) is 0. The lowest BCUT2D eigenvalue weighted by atomic mass is 9.38. The van der Waals surface area contributed by atoms with Gasteiger partial charge in [0.1, 0.15) is 23.5 Å². The highest BCUT2D eigenvalue weighted by Crippen LogP contribution is 2.69. The maximum atomic E-state index is 13.5. The molecular weight excluding hydrogens is 456 g/mol. The minimum absolute atomic E-state index is 0.00169. The fourth-order valence-electron chi connectivity index (χ4n) is 5.01. The number of halogens is 3. The number of ether oxygens (including phenoxy) is 2. The maximum Gasteiger partial charge on any atom is 0.258 e. The van der Waals surface area contributed by atoms with E-state index in [0.29, 0.717) is 24.8 Å². The average Bonchev–Trinajstić information content (AvgIpc) is 2.73. The number of ketones is 1. The molecule has 6 nitrogen and oxygen atoms in total. The predicted molar refractivity (Wildman–Crippen MR) is 116 cm³/mol. The fraction of sp³-hybridized carbons (Fsp3) is 0.417. The van der Waals surface area contributed by atoms with E-state index in [2.05, 4.69) is 5.32 Å². The summed E-state index contributed by atoms with van der Waals surface area (Å²) < 4.78 is 37.6. The molecule has 3 saturated carbocycles. The van der Waals surface area contributed by atoms with Crippen molar-refractivity contribution >= 4 is 23.3 Å². The number of rotatable bonds is 11. The van der Waals surface area contributed by atoms with Crippen molar-refractivity contribution in [1.29, 1.82) is 0 Å². The van der Waals surface area contributed by atoms with Crippen LogP contribution < -0.4 is 10.1 Å². The lowest BCUT2D eigenvalue weighted by molar-refractivity contribution is -0.177. The van der Waals surface area contributed by atoms with Gasteiger partial charge in [0.15, 0.2) is 12.4 Å². The molecule has 1 amide bonds. The molecule has 176 valence electrons. The van der Waals surface area contributed by atoms with Crippen molar-refractivity contribution in [2.24, 2.45) is 5.41 Å².